The molecule has 1 aromatic heterocycles. The molecule has 1 aromatic rings. The van der Waals surface area contributed by atoms with E-state index in [1.807, 2.05) is 0 Å². The Labute approximate surface area is 230 Å². The molecule has 1 unspecified atom stereocenters. The van der Waals surface area contributed by atoms with Crippen molar-refractivity contribution < 1.29 is 67.1 Å². The third-order valence-electron chi connectivity index (χ3n) is 4.59. The van der Waals surface area contributed by atoms with Crippen molar-refractivity contribution in [3.05, 3.63) is 22.3 Å². The van der Waals surface area contributed by atoms with Crippen molar-refractivity contribution in [3.63, 3.8) is 0 Å². The minimum atomic E-state index is -3.78. The maximum Gasteiger partial charge on any atom is 1.00 e. The fourth-order valence-electron chi connectivity index (χ4n) is 3.23. The van der Waals surface area contributed by atoms with Crippen LogP contribution in [0.15, 0.2) is 27.0 Å². The topological polar surface area (TPSA) is 206 Å². The second kappa shape index (κ2) is 12.2. The molecule has 2 aliphatic rings. The van der Waals surface area contributed by atoms with Crippen molar-refractivity contribution in [2.24, 2.45) is 10.3 Å². The van der Waals surface area contributed by atoms with E-state index >= 15 is 0 Å². The van der Waals surface area contributed by atoms with Gasteiger partial charge in [-0.2, -0.15) is 0 Å². The number of amides is 2. The molecule has 2 atom stereocenters. The average molecular weight is 555 g/mol. The minimum Gasteiger partial charge on any atom is -0.543 e. The molecular formula is C17H19N6NaO8S3. The quantitative estimate of drug-likeness (QED) is 0.121. The van der Waals surface area contributed by atoms with Crippen LogP contribution in [0.25, 0.3) is 0 Å². The van der Waals surface area contributed by atoms with E-state index in [2.05, 4.69) is 30.3 Å². The van der Waals surface area contributed by atoms with Crippen LogP contribution < -0.4 is 45.7 Å². The molecule has 1 saturated heterocycles. The number of β-lactam (4-membered cyclic amide) rings is 1. The van der Waals surface area contributed by atoms with Crippen LogP contribution in [-0.2, 0) is 33.9 Å². The first-order chi connectivity index (χ1) is 16.1. The van der Waals surface area contributed by atoms with E-state index in [1.54, 1.807) is 0 Å². The molecule has 35 heavy (non-hydrogen) atoms. The molecule has 0 aromatic carbocycles. The average Bonchev–Trinajstić information content (AvgIpc) is 3.20. The SMILES string of the molecule is CON=CCS(=O)(=O)CC1=C(C(=O)[O-])N2C(=O)C(NC(=O)/C(=N\OC)c3csc(N)n3)[C@H]2SC1.[Na+]. The van der Waals surface area contributed by atoms with E-state index in [0.717, 1.165) is 34.2 Å². The van der Waals surface area contributed by atoms with Gasteiger partial charge in [-0.1, -0.05) is 10.3 Å². The number of nitrogens with one attached hydrogen (secondary N) is 1. The first-order valence-electron chi connectivity index (χ1n) is 9.36. The molecule has 0 radical (unpaired) electrons. The molecule has 18 heteroatoms. The number of carbonyl (C=O) groups excluding carboxylic acids is 3. The molecule has 0 spiro atoms. The van der Waals surface area contributed by atoms with Crippen LogP contribution in [0, 0.1) is 0 Å². The predicted molar refractivity (Wildman–Crippen MR) is 121 cm³/mol. The summed E-state index contributed by atoms with van der Waals surface area (Å²) < 4.78 is 24.6. The van der Waals surface area contributed by atoms with Crippen molar-refractivity contribution in [1.82, 2.24) is 15.2 Å². The molecule has 14 nitrogen and oxygen atoms in total. The summed E-state index contributed by atoms with van der Waals surface area (Å²) in [6.45, 7) is 0. The number of carboxylic acid groups (broad SMARTS) is 1. The maximum atomic E-state index is 12.8. The van der Waals surface area contributed by atoms with Crippen LogP contribution in [0.1, 0.15) is 5.69 Å². The number of hydrogen-bond donors (Lipinski definition) is 2. The third kappa shape index (κ3) is 6.53. The molecule has 3 heterocycles. The molecular weight excluding hydrogens is 535 g/mol. The summed E-state index contributed by atoms with van der Waals surface area (Å²) in [6, 6.07) is -1.09. The van der Waals surface area contributed by atoms with Crippen LogP contribution in [0.5, 0.6) is 0 Å². The van der Waals surface area contributed by atoms with Gasteiger partial charge in [-0.25, -0.2) is 13.4 Å². The summed E-state index contributed by atoms with van der Waals surface area (Å²) in [5.74, 6) is -4.31. The van der Waals surface area contributed by atoms with E-state index in [0.29, 0.717) is 0 Å². The van der Waals surface area contributed by atoms with Crippen molar-refractivity contribution in [2.75, 3.05) is 37.2 Å². The number of aromatic nitrogens is 1. The van der Waals surface area contributed by atoms with Gasteiger partial charge in [0.25, 0.3) is 11.8 Å². The Balaban J connectivity index is 0.00000432. The maximum absolute atomic E-state index is 12.8. The second-order valence-electron chi connectivity index (χ2n) is 6.82. The summed E-state index contributed by atoms with van der Waals surface area (Å²) in [5, 5.41) is 22.2. The number of thioether (sulfide) groups is 1. The van der Waals surface area contributed by atoms with Gasteiger partial charge in [-0.15, -0.1) is 23.1 Å². The standard InChI is InChI=1S/C17H20N6O8S3.Na/c1-30-19-3-4-34(28,29)7-8-5-32-15-11(14(25)23(15)12(8)16(26)27)21-13(24)10(22-31-2)9-6-33-17(18)20-9;/h3,6,11,15H,4-5,7H2,1-2H3,(H2,18,20)(H,21,24)(H,26,27);/q;+1/p-1/b19-3?,22-10-;/t11?,15-;/m1./s1. The summed E-state index contributed by atoms with van der Waals surface area (Å²) in [5.41, 5.74) is 4.99. The molecule has 0 bridgehead atoms. The zero-order valence-electron chi connectivity index (χ0n) is 18.8. The molecule has 3 rings (SSSR count). The van der Waals surface area contributed by atoms with Gasteiger partial charge < -0.3 is 30.6 Å². The number of nitrogens with two attached hydrogens (primary N) is 1. The minimum absolute atomic E-state index is 0. The molecule has 1 fully saturated rings. The van der Waals surface area contributed by atoms with Crippen molar-refractivity contribution >= 4 is 67.8 Å². The van der Waals surface area contributed by atoms with E-state index in [4.69, 9.17) is 5.73 Å². The third-order valence-corrected chi connectivity index (χ3v) is 8.05. The Morgan fingerprint density at radius 3 is 2.69 bits per heavy atom. The fourth-order valence-corrected chi connectivity index (χ4v) is 6.43. The van der Waals surface area contributed by atoms with Crippen LogP contribution in [0.2, 0.25) is 0 Å². The number of thiazole rings is 1. The van der Waals surface area contributed by atoms with E-state index in [1.165, 1.54) is 19.6 Å². The van der Waals surface area contributed by atoms with Gasteiger partial charge in [0.05, 0.1) is 29.4 Å². The monoisotopic (exact) mass is 554 g/mol. The Bertz CT molecular complexity index is 1200. The number of carboxylic acids is 1. The molecule has 2 amide bonds. The number of hydrogen-bond acceptors (Lipinski definition) is 14. The van der Waals surface area contributed by atoms with Gasteiger partial charge >= 0.3 is 29.6 Å². The molecule has 0 saturated carbocycles. The molecule has 2 aliphatic heterocycles. The number of nitrogen functional groups attached to an aromatic ring is 1. The summed E-state index contributed by atoms with van der Waals surface area (Å²) >= 11 is 2.18. The van der Waals surface area contributed by atoms with Gasteiger partial charge in [0.15, 0.2) is 20.7 Å². The van der Waals surface area contributed by atoms with Crippen LogP contribution in [-0.4, -0.2) is 90.9 Å². The van der Waals surface area contributed by atoms with Crippen LogP contribution in [0.4, 0.5) is 5.13 Å². The number of rotatable bonds is 10. The first-order valence-corrected chi connectivity index (χ1v) is 13.1. The van der Waals surface area contributed by atoms with Crippen molar-refractivity contribution in [3.8, 4) is 0 Å². The number of aliphatic carboxylic acids is 1. The fraction of sp³-hybridized carbons (Fsp3) is 0.412. The number of fused-ring (bicyclic) bond motifs is 1. The zero-order chi connectivity index (χ0) is 25.0. The molecule has 3 N–H and O–H groups in total. The van der Waals surface area contributed by atoms with E-state index in [-0.39, 0.29) is 57.4 Å². The zero-order valence-corrected chi connectivity index (χ0v) is 23.2. The summed E-state index contributed by atoms with van der Waals surface area (Å²) in [4.78, 5) is 51.3. The van der Waals surface area contributed by atoms with Crippen molar-refractivity contribution in [2.45, 2.75) is 11.4 Å². The van der Waals surface area contributed by atoms with Crippen LogP contribution in [0.3, 0.4) is 0 Å². The van der Waals surface area contributed by atoms with E-state index in [9.17, 15) is 27.9 Å². The Hall–Kier alpha value is -2.18. The predicted octanol–water partition coefficient (Wildman–Crippen LogP) is -5.47. The number of carbonyl (C=O) groups is 3. The van der Waals surface area contributed by atoms with Gasteiger partial charge in [-0.05, 0) is 5.57 Å². The van der Waals surface area contributed by atoms with Gasteiger partial charge in [0, 0.05) is 11.1 Å². The Morgan fingerprint density at radius 2 is 2.11 bits per heavy atom. The number of anilines is 1. The number of nitrogens with zero attached hydrogens (tertiary/aromatic N) is 4. The molecule has 184 valence electrons. The number of sulfone groups is 1. The molecule has 0 aliphatic carbocycles. The van der Waals surface area contributed by atoms with Crippen LogP contribution >= 0.6 is 23.1 Å². The van der Waals surface area contributed by atoms with E-state index < -0.39 is 56.2 Å². The first kappa shape index (κ1) is 29.1. The Kier molecular flexibility index (Phi) is 10.1. The Morgan fingerprint density at radius 1 is 1.40 bits per heavy atom. The summed E-state index contributed by atoms with van der Waals surface area (Å²) in [7, 11) is -1.30. The second-order valence-corrected chi connectivity index (χ2v) is 10.9. The largest absolute Gasteiger partial charge is 1.00 e. The van der Waals surface area contributed by atoms with Gasteiger partial charge in [0.1, 0.15) is 31.3 Å². The van der Waals surface area contributed by atoms with Gasteiger partial charge in [-0.3, -0.25) is 14.5 Å². The van der Waals surface area contributed by atoms with Crippen molar-refractivity contribution in [1.29, 1.82) is 0 Å². The summed E-state index contributed by atoms with van der Waals surface area (Å²) in [6.07, 6.45) is 1.03. The normalized spacial score (nSPS) is 20.1. The smallest absolute Gasteiger partial charge is 0.543 e. The van der Waals surface area contributed by atoms with Gasteiger partial charge in [0.2, 0.25) is 0 Å². The number of oxime groups is 2.